The van der Waals surface area contributed by atoms with E-state index < -0.39 is 5.97 Å². The molecule has 0 amide bonds. The molecule has 1 fully saturated rings. The summed E-state index contributed by atoms with van der Waals surface area (Å²) < 4.78 is 5.40. The first-order chi connectivity index (χ1) is 16.6. The summed E-state index contributed by atoms with van der Waals surface area (Å²) in [6.07, 6.45) is 9.93. The van der Waals surface area contributed by atoms with Crippen LogP contribution in [0, 0.1) is 11.8 Å². The molecule has 4 rings (SSSR count). The Morgan fingerprint density at radius 1 is 1.18 bits per heavy atom. The van der Waals surface area contributed by atoms with Gasteiger partial charge in [0.25, 0.3) is 0 Å². The van der Waals surface area contributed by atoms with Crippen LogP contribution < -0.4 is 4.74 Å². The third kappa shape index (κ3) is 6.80. The molecule has 1 N–H and O–H groups in total. The molecule has 0 bridgehead atoms. The van der Waals surface area contributed by atoms with Crippen LogP contribution in [0.15, 0.2) is 47.3 Å². The van der Waals surface area contributed by atoms with Gasteiger partial charge in [0, 0.05) is 24.5 Å². The van der Waals surface area contributed by atoms with Gasteiger partial charge in [-0.15, -0.1) is 0 Å². The fourth-order valence-electron chi connectivity index (χ4n) is 5.38. The number of ether oxygens (including phenoxy) is 1. The molecular formula is C28H36N2O3S. The second-order valence-corrected chi connectivity index (χ2v) is 10.3. The maximum absolute atomic E-state index is 11.6. The fraction of sp³-hybridized carbons (Fsp3) is 0.500. The van der Waals surface area contributed by atoms with Crippen molar-refractivity contribution >= 4 is 28.2 Å². The molecule has 34 heavy (non-hydrogen) atoms. The third-order valence-electron chi connectivity index (χ3n) is 7.24. The van der Waals surface area contributed by atoms with E-state index in [1.807, 2.05) is 18.3 Å². The smallest absolute Gasteiger partial charge is 0.303 e. The topological polar surface area (TPSA) is 62.7 Å². The zero-order valence-electron chi connectivity index (χ0n) is 20.1. The van der Waals surface area contributed by atoms with Crippen molar-refractivity contribution in [1.29, 1.82) is 0 Å². The van der Waals surface area contributed by atoms with E-state index >= 15 is 0 Å². The second kappa shape index (κ2) is 12.3. The lowest BCUT2D eigenvalue weighted by atomic mass is 9.79. The lowest BCUT2D eigenvalue weighted by molar-refractivity contribution is -0.139. The number of likely N-dealkylation sites (tertiary alicyclic amines) is 1. The first kappa shape index (κ1) is 24.7. The summed E-state index contributed by atoms with van der Waals surface area (Å²) in [6, 6.07) is 10.4. The van der Waals surface area contributed by atoms with E-state index in [1.165, 1.54) is 24.0 Å². The minimum absolute atomic E-state index is 0.248. The number of methoxy groups -OCH3 is 1. The Hall–Kier alpha value is -2.44. The van der Waals surface area contributed by atoms with E-state index in [2.05, 4.69) is 38.8 Å². The van der Waals surface area contributed by atoms with Crippen molar-refractivity contribution in [2.24, 2.45) is 11.8 Å². The standard InChI is InChI=1S/C28H36N2O3S/c1-33-25-8-9-27-26(18-25)23(10-13-29-27)7-4-6-22-11-15-30(19-24(22)17-28(31)32)14-3-2-5-21-12-16-34-20-21/h8-10,12-13,16,18,20,22,24H,2-7,11,14-15,17,19H2,1H3,(H,31,32)/t22-,24+/m1/s1. The van der Waals surface area contributed by atoms with E-state index in [1.54, 1.807) is 18.4 Å². The van der Waals surface area contributed by atoms with Crippen LogP contribution in [-0.4, -0.2) is 47.7 Å². The average Bonchev–Trinajstić information content (AvgIpc) is 3.36. The molecule has 5 nitrogen and oxygen atoms in total. The normalized spacial score (nSPS) is 18.9. The molecule has 0 saturated carbocycles. The molecule has 182 valence electrons. The number of unbranched alkanes of at least 4 members (excludes halogenated alkanes) is 1. The number of piperidine rings is 1. The molecule has 0 aliphatic carbocycles. The Morgan fingerprint density at radius 2 is 2.09 bits per heavy atom. The van der Waals surface area contributed by atoms with Crippen LogP contribution in [0.4, 0.5) is 0 Å². The highest BCUT2D eigenvalue weighted by Gasteiger charge is 2.30. The van der Waals surface area contributed by atoms with Gasteiger partial charge in [-0.1, -0.05) is 0 Å². The second-order valence-electron chi connectivity index (χ2n) is 9.54. The number of carbonyl (C=O) groups is 1. The number of thiophene rings is 1. The predicted molar refractivity (Wildman–Crippen MR) is 139 cm³/mol. The quantitative estimate of drug-likeness (QED) is 0.319. The predicted octanol–water partition coefficient (Wildman–Crippen LogP) is 6.06. The van der Waals surface area contributed by atoms with Gasteiger partial charge >= 0.3 is 5.97 Å². The number of aliphatic carboxylic acids is 1. The van der Waals surface area contributed by atoms with Crippen molar-refractivity contribution in [3.63, 3.8) is 0 Å². The van der Waals surface area contributed by atoms with Crippen LogP contribution in [0.2, 0.25) is 0 Å². The van der Waals surface area contributed by atoms with E-state index in [-0.39, 0.29) is 12.3 Å². The number of pyridine rings is 1. The lowest BCUT2D eigenvalue weighted by Crippen LogP contribution is -2.41. The number of carboxylic acids is 1. The van der Waals surface area contributed by atoms with Crippen molar-refractivity contribution in [3.8, 4) is 5.75 Å². The van der Waals surface area contributed by atoms with Crippen molar-refractivity contribution in [2.75, 3.05) is 26.7 Å². The van der Waals surface area contributed by atoms with E-state index in [0.717, 1.165) is 68.4 Å². The summed E-state index contributed by atoms with van der Waals surface area (Å²) in [5.41, 5.74) is 3.73. The SMILES string of the molecule is COc1ccc2nccc(CCC[C@@H]3CCN(CCCCc4ccsc4)C[C@@H]3CC(=O)O)c2c1. The number of benzene rings is 1. The number of hydrogen-bond acceptors (Lipinski definition) is 5. The minimum atomic E-state index is -0.665. The molecule has 6 heteroatoms. The molecular weight excluding hydrogens is 444 g/mol. The summed E-state index contributed by atoms with van der Waals surface area (Å²) >= 11 is 1.76. The molecule has 2 atom stereocenters. The van der Waals surface area contributed by atoms with Gasteiger partial charge < -0.3 is 14.7 Å². The third-order valence-corrected chi connectivity index (χ3v) is 7.97. The number of nitrogens with zero attached hydrogens (tertiary/aromatic N) is 2. The van der Waals surface area contributed by atoms with Crippen LogP contribution in [0.5, 0.6) is 5.75 Å². The number of rotatable bonds is 12. The highest BCUT2D eigenvalue weighted by molar-refractivity contribution is 7.07. The lowest BCUT2D eigenvalue weighted by Gasteiger charge is -2.38. The molecule has 1 aliphatic heterocycles. The number of hydrogen-bond donors (Lipinski definition) is 1. The van der Waals surface area contributed by atoms with E-state index in [0.29, 0.717) is 5.92 Å². The highest BCUT2D eigenvalue weighted by atomic mass is 32.1. The van der Waals surface area contributed by atoms with Crippen LogP contribution in [0.1, 0.15) is 49.7 Å². The fourth-order valence-corrected chi connectivity index (χ4v) is 6.08. The number of aryl methyl sites for hydroxylation is 2. The van der Waals surface area contributed by atoms with Gasteiger partial charge in [-0.3, -0.25) is 9.78 Å². The molecule has 3 aromatic rings. The molecule has 2 aromatic heterocycles. The average molecular weight is 481 g/mol. The first-order valence-electron chi connectivity index (χ1n) is 12.5. The zero-order chi connectivity index (χ0) is 23.8. The minimum Gasteiger partial charge on any atom is -0.497 e. The van der Waals surface area contributed by atoms with Crippen molar-refractivity contribution in [3.05, 3.63) is 58.4 Å². The Labute approximate surface area is 206 Å². The highest BCUT2D eigenvalue weighted by Crippen LogP contribution is 2.32. The Morgan fingerprint density at radius 3 is 2.88 bits per heavy atom. The van der Waals surface area contributed by atoms with Gasteiger partial charge in [-0.05, 0) is 122 Å². The number of fused-ring (bicyclic) bond motifs is 1. The van der Waals surface area contributed by atoms with Gasteiger partial charge in [0.1, 0.15) is 5.75 Å². The molecule has 0 radical (unpaired) electrons. The van der Waals surface area contributed by atoms with Gasteiger partial charge in [0.05, 0.1) is 12.6 Å². The van der Waals surface area contributed by atoms with Gasteiger partial charge in [-0.2, -0.15) is 11.3 Å². The molecule has 1 aromatic carbocycles. The van der Waals surface area contributed by atoms with E-state index in [9.17, 15) is 9.90 Å². The summed E-state index contributed by atoms with van der Waals surface area (Å²) in [5, 5.41) is 15.1. The van der Waals surface area contributed by atoms with Crippen molar-refractivity contribution in [1.82, 2.24) is 9.88 Å². The van der Waals surface area contributed by atoms with Gasteiger partial charge in [0.2, 0.25) is 0 Å². The number of carboxylic acid groups (broad SMARTS) is 1. The molecule has 0 spiro atoms. The largest absolute Gasteiger partial charge is 0.497 e. The van der Waals surface area contributed by atoms with Crippen LogP contribution in [-0.2, 0) is 17.6 Å². The van der Waals surface area contributed by atoms with Gasteiger partial charge in [0.15, 0.2) is 0 Å². The van der Waals surface area contributed by atoms with Crippen molar-refractivity contribution < 1.29 is 14.6 Å². The maximum atomic E-state index is 11.6. The first-order valence-corrected chi connectivity index (χ1v) is 13.4. The number of aromatic nitrogens is 1. The molecule has 1 aliphatic rings. The van der Waals surface area contributed by atoms with Crippen molar-refractivity contribution in [2.45, 2.75) is 51.4 Å². The van der Waals surface area contributed by atoms with Crippen LogP contribution in [0.3, 0.4) is 0 Å². The monoisotopic (exact) mass is 480 g/mol. The van der Waals surface area contributed by atoms with Crippen LogP contribution in [0.25, 0.3) is 10.9 Å². The maximum Gasteiger partial charge on any atom is 0.303 e. The van der Waals surface area contributed by atoms with Crippen LogP contribution >= 0.6 is 11.3 Å². The van der Waals surface area contributed by atoms with Gasteiger partial charge in [-0.25, -0.2) is 0 Å². The zero-order valence-corrected chi connectivity index (χ0v) is 20.9. The molecule has 1 saturated heterocycles. The summed E-state index contributed by atoms with van der Waals surface area (Å²) in [5.74, 6) is 0.922. The summed E-state index contributed by atoms with van der Waals surface area (Å²) in [4.78, 5) is 18.6. The Bertz CT molecular complexity index is 1050. The van der Waals surface area contributed by atoms with E-state index in [4.69, 9.17) is 4.74 Å². The Kier molecular flexibility index (Phi) is 8.94. The Balaban J connectivity index is 1.28. The molecule has 3 heterocycles. The summed E-state index contributed by atoms with van der Waals surface area (Å²) in [6.45, 7) is 3.09. The summed E-state index contributed by atoms with van der Waals surface area (Å²) in [7, 11) is 1.69. The molecule has 0 unspecified atom stereocenters.